The lowest BCUT2D eigenvalue weighted by atomic mass is 10.1. The van der Waals surface area contributed by atoms with Gasteiger partial charge in [0.1, 0.15) is 5.82 Å². The largest absolute Gasteiger partial charge is 0.322 e. The lowest BCUT2D eigenvalue weighted by molar-refractivity contribution is 0.102. The molecule has 0 atom stereocenters. The Balaban J connectivity index is 1.45. The standard InChI is InChI=1S/C23H17FN6O/c1-15-7-8-19(28-23(31)16-4-2-5-18(24)10-16)11-20(15)29-14-17(12-27-29)21-13-25-22-6-3-9-26-30(21)22/h2-14H,1H3,(H,28,31). The molecule has 3 aromatic heterocycles. The van der Waals surface area contributed by atoms with Crippen LogP contribution in [0.3, 0.4) is 0 Å². The number of nitrogens with zero attached hydrogens (tertiary/aromatic N) is 5. The van der Waals surface area contributed by atoms with E-state index >= 15 is 0 Å². The first-order valence-corrected chi connectivity index (χ1v) is 9.60. The Morgan fingerprint density at radius 3 is 2.81 bits per heavy atom. The van der Waals surface area contributed by atoms with Crippen LogP contribution in [0.2, 0.25) is 0 Å². The molecule has 2 aromatic carbocycles. The minimum atomic E-state index is -0.455. The summed E-state index contributed by atoms with van der Waals surface area (Å²) in [6.45, 7) is 1.96. The number of imidazole rings is 1. The summed E-state index contributed by atoms with van der Waals surface area (Å²) in [6.07, 6.45) is 7.10. The smallest absolute Gasteiger partial charge is 0.255 e. The van der Waals surface area contributed by atoms with Crippen LogP contribution >= 0.6 is 0 Å². The summed E-state index contributed by atoms with van der Waals surface area (Å²) in [6, 6.07) is 14.8. The number of halogens is 1. The van der Waals surface area contributed by atoms with Gasteiger partial charge in [-0.25, -0.2) is 18.6 Å². The molecule has 1 N–H and O–H groups in total. The summed E-state index contributed by atoms with van der Waals surface area (Å²) in [7, 11) is 0. The topological polar surface area (TPSA) is 77.1 Å². The van der Waals surface area contributed by atoms with Gasteiger partial charge in [-0.15, -0.1) is 0 Å². The van der Waals surface area contributed by atoms with Crippen LogP contribution in [-0.4, -0.2) is 30.3 Å². The van der Waals surface area contributed by atoms with Gasteiger partial charge in [-0.3, -0.25) is 4.79 Å². The summed E-state index contributed by atoms with van der Waals surface area (Å²) in [5, 5.41) is 11.6. The van der Waals surface area contributed by atoms with E-state index in [2.05, 4.69) is 20.5 Å². The molecule has 0 saturated carbocycles. The summed E-state index contributed by atoms with van der Waals surface area (Å²) in [5.41, 5.74) is 5.07. The number of aryl methyl sites for hydroxylation is 1. The average molecular weight is 412 g/mol. The summed E-state index contributed by atoms with van der Waals surface area (Å²) < 4.78 is 16.9. The van der Waals surface area contributed by atoms with E-state index in [1.54, 1.807) is 39.9 Å². The van der Waals surface area contributed by atoms with Crippen molar-refractivity contribution in [3.63, 3.8) is 0 Å². The molecule has 0 aliphatic rings. The number of fused-ring (bicyclic) bond motifs is 1. The zero-order valence-corrected chi connectivity index (χ0v) is 16.5. The molecule has 1 amide bonds. The molecule has 8 heteroatoms. The van der Waals surface area contributed by atoms with Crippen molar-refractivity contribution in [3.05, 3.63) is 96.3 Å². The van der Waals surface area contributed by atoms with Crippen LogP contribution in [0.15, 0.2) is 79.4 Å². The second-order valence-electron chi connectivity index (χ2n) is 7.08. The Morgan fingerprint density at radius 2 is 1.94 bits per heavy atom. The molecule has 5 aromatic rings. The predicted octanol–water partition coefficient (Wildman–Crippen LogP) is 4.28. The highest BCUT2D eigenvalue weighted by Crippen LogP contribution is 2.24. The van der Waals surface area contributed by atoms with Crippen molar-refractivity contribution >= 4 is 17.2 Å². The van der Waals surface area contributed by atoms with E-state index in [9.17, 15) is 9.18 Å². The summed E-state index contributed by atoms with van der Waals surface area (Å²) in [5.74, 6) is -0.838. The Bertz CT molecular complexity index is 1420. The Morgan fingerprint density at radius 1 is 1.03 bits per heavy atom. The van der Waals surface area contributed by atoms with E-state index in [0.29, 0.717) is 5.69 Å². The second-order valence-corrected chi connectivity index (χ2v) is 7.08. The molecule has 0 aliphatic heterocycles. The van der Waals surface area contributed by atoms with E-state index in [1.807, 2.05) is 37.4 Å². The molecule has 7 nitrogen and oxygen atoms in total. The minimum absolute atomic E-state index is 0.253. The number of rotatable bonds is 4. The van der Waals surface area contributed by atoms with Gasteiger partial charge >= 0.3 is 0 Å². The molecule has 0 unspecified atom stereocenters. The first-order chi connectivity index (χ1) is 15.1. The van der Waals surface area contributed by atoms with E-state index in [-0.39, 0.29) is 11.5 Å². The molecule has 31 heavy (non-hydrogen) atoms. The fourth-order valence-electron chi connectivity index (χ4n) is 3.38. The molecule has 0 bridgehead atoms. The van der Waals surface area contributed by atoms with Crippen molar-refractivity contribution in [1.29, 1.82) is 0 Å². The van der Waals surface area contributed by atoms with Crippen molar-refractivity contribution < 1.29 is 9.18 Å². The Labute approximate surface area is 176 Å². The number of aromatic nitrogens is 5. The third kappa shape index (κ3) is 3.55. The normalized spacial score (nSPS) is 11.0. The zero-order valence-electron chi connectivity index (χ0n) is 16.5. The van der Waals surface area contributed by atoms with E-state index < -0.39 is 5.82 Å². The maximum atomic E-state index is 13.4. The van der Waals surface area contributed by atoms with Crippen LogP contribution in [0, 0.1) is 12.7 Å². The van der Waals surface area contributed by atoms with Gasteiger partial charge in [0.25, 0.3) is 5.91 Å². The van der Waals surface area contributed by atoms with Crippen LogP contribution in [0.4, 0.5) is 10.1 Å². The molecule has 0 saturated heterocycles. The SMILES string of the molecule is Cc1ccc(NC(=O)c2cccc(F)c2)cc1-n1cc(-c2cnc3cccnn23)cn1. The van der Waals surface area contributed by atoms with Crippen molar-refractivity contribution in [2.75, 3.05) is 5.32 Å². The molecular formula is C23H17FN6O. The molecule has 5 rings (SSSR count). The molecule has 0 radical (unpaired) electrons. The third-order valence-electron chi connectivity index (χ3n) is 4.96. The molecule has 0 aliphatic carbocycles. The van der Waals surface area contributed by atoms with Crippen LogP contribution < -0.4 is 5.32 Å². The first-order valence-electron chi connectivity index (χ1n) is 9.60. The van der Waals surface area contributed by atoms with Crippen LogP contribution in [0.5, 0.6) is 0 Å². The number of carbonyl (C=O) groups excluding carboxylic acids is 1. The maximum Gasteiger partial charge on any atom is 0.255 e. The minimum Gasteiger partial charge on any atom is -0.322 e. The molecule has 0 fully saturated rings. The van der Waals surface area contributed by atoms with Crippen molar-refractivity contribution in [2.24, 2.45) is 0 Å². The number of carbonyl (C=O) groups is 1. The van der Waals surface area contributed by atoms with Crippen LogP contribution in [-0.2, 0) is 0 Å². The summed E-state index contributed by atoms with van der Waals surface area (Å²) in [4.78, 5) is 16.8. The monoisotopic (exact) mass is 412 g/mol. The quantitative estimate of drug-likeness (QED) is 0.478. The first kappa shape index (κ1) is 18.7. The fourth-order valence-corrected chi connectivity index (χ4v) is 3.38. The summed E-state index contributed by atoms with van der Waals surface area (Å²) >= 11 is 0. The van der Waals surface area contributed by atoms with Gasteiger partial charge < -0.3 is 5.32 Å². The van der Waals surface area contributed by atoms with Gasteiger partial charge in [0, 0.05) is 29.2 Å². The van der Waals surface area contributed by atoms with Gasteiger partial charge in [-0.1, -0.05) is 12.1 Å². The number of amides is 1. The van der Waals surface area contributed by atoms with Gasteiger partial charge in [0.15, 0.2) is 5.65 Å². The van der Waals surface area contributed by atoms with Gasteiger partial charge in [-0.2, -0.15) is 10.2 Å². The Kier molecular flexibility index (Phi) is 4.51. The predicted molar refractivity (Wildman–Crippen MR) is 115 cm³/mol. The van der Waals surface area contributed by atoms with Gasteiger partial charge in [0.05, 0.1) is 23.8 Å². The highest BCUT2D eigenvalue weighted by molar-refractivity contribution is 6.04. The lowest BCUT2D eigenvalue weighted by Gasteiger charge is -2.10. The van der Waals surface area contributed by atoms with Crippen molar-refractivity contribution in [2.45, 2.75) is 6.92 Å². The van der Waals surface area contributed by atoms with E-state index in [1.165, 1.54) is 18.2 Å². The third-order valence-corrected chi connectivity index (χ3v) is 4.96. The number of hydrogen-bond acceptors (Lipinski definition) is 4. The number of benzene rings is 2. The van der Waals surface area contributed by atoms with Crippen LogP contribution in [0.25, 0.3) is 22.6 Å². The Hall–Kier alpha value is -4.33. The molecular weight excluding hydrogens is 395 g/mol. The van der Waals surface area contributed by atoms with E-state index in [4.69, 9.17) is 0 Å². The fraction of sp³-hybridized carbons (Fsp3) is 0.0435. The molecule has 152 valence electrons. The lowest BCUT2D eigenvalue weighted by Crippen LogP contribution is -2.12. The molecule has 3 heterocycles. The highest BCUT2D eigenvalue weighted by Gasteiger charge is 2.12. The van der Waals surface area contributed by atoms with Gasteiger partial charge in [0.2, 0.25) is 0 Å². The highest BCUT2D eigenvalue weighted by atomic mass is 19.1. The van der Waals surface area contributed by atoms with Crippen molar-refractivity contribution in [1.82, 2.24) is 24.4 Å². The van der Waals surface area contributed by atoms with Gasteiger partial charge in [-0.05, 0) is 55.0 Å². The number of anilines is 1. The number of nitrogens with one attached hydrogen (secondary N) is 1. The second kappa shape index (κ2) is 7.49. The van der Waals surface area contributed by atoms with Crippen LogP contribution in [0.1, 0.15) is 15.9 Å². The van der Waals surface area contributed by atoms with Crippen molar-refractivity contribution in [3.8, 4) is 16.9 Å². The van der Waals surface area contributed by atoms with E-state index in [0.717, 1.165) is 28.2 Å². The average Bonchev–Trinajstić information content (AvgIpc) is 3.42. The zero-order chi connectivity index (χ0) is 21.4. The number of hydrogen-bond donors (Lipinski definition) is 1. The maximum absolute atomic E-state index is 13.4. The molecule has 0 spiro atoms.